The maximum absolute atomic E-state index is 14.3. The zero-order valence-corrected chi connectivity index (χ0v) is 21.6. The van der Waals surface area contributed by atoms with Gasteiger partial charge in [-0.15, -0.1) is 10.2 Å². The van der Waals surface area contributed by atoms with Gasteiger partial charge >= 0.3 is 0 Å². The minimum Gasteiger partial charge on any atom is -0.435 e. The molecular formula is C30H29FN6O2. The molecule has 0 saturated heterocycles. The molecule has 9 heteroatoms. The fourth-order valence-electron chi connectivity index (χ4n) is 5.51. The highest BCUT2D eigenvalue weighted by atomic mass is 19.1. The Morgan fingerprint density at radius 3 is 2.69 bits per heavy atom. The third kappa shape index (κ3) is 4.72. The van der Waals surface area contributed by atoms with Crippen LogP contribution in [0.5, 0.6) is 0 Å². The van der Waals surface area contributed by atoms with E-state index in [1.165, 1.54) is 12.1 Å². The molecule has 0 radical (unpaired) electrons. The van der Waals surface area contributed by atoms with E-state index in [2.05, 4.69) is 21.6 Å². The Morgan fingerprint density at radius 2 is 1.92 bits per heavy atom. The van der Waals surface area contributed by atoms with Crippen molar-refractivity contribution in [2.24, 2.45) is 7.05 Å². The molecule has 3 heterocycles. The van der Waals surface area contributed by atoms with E-state index in [-0.39, 0.29) is 18.0 Å². The van der Waals surface area contributed by atoms with Gasteiger partial charge in [0.2, 0.25) is 5.89 Å². The van der Waals surface area contributed by atoms with Gasteiger partial charge in [-0.25, -0.2) is 14.4 Å². The summed E-state index contributed by atoms with van der Waals surface area (Å²) in [5, 5.41) is 21.8. The Bertz CT molecular complexity index is 1670. The number of nitrogens with zero attached hydrogens (tertiary/aromatic N) is 5. The molecule has 0 bridgehead atoms. The number of fused-ring (bicyclic) bond motifs is 1. The fourth-order valence-corrected chi connectivity index (χ4v) is 5.51. The average molecular weight is 525 g/mol. The number of aryl methyl sites for hydroxylation is 1. The Morgan fingerprint density at radius 1 is 1.03 bits per heavy atom. The maximum atomic E-state index is 14.3. The average Bonchev–Trinajstić information content (AvgIpc) is 3.35. The molecular weight excluding hydrogens is 495 g/mol. The van der Waals surface area contributed by atoms with Gasteiger partial charge in [0.25, 0.3) is 0 Å². The molecule has 5 aromatic rings. The zero-order valence-electron chi connectivity index (χ0n) is 21.6. The number of hydrogen-bond donors (Lipinski definition) is 2. The third-order valence-corrected chi connectivity index (χ3v) is 7.80. The summed E-state index contributed by atoms with van der Waals surface area (Å²) in [6, 6.07) is 14.9. The highest BCUT2D eigenvalue weighted by Crippen LogP contribution is 2.42. The molecule has 198 valence electrons. The van der Waals surface area contributed by atoms with E-state index >= 15 is 0 Å². The highest BCUT2D eigenvalue weighted by molar-refractivity contribution is 5.83. The van der Waals surface area contributed by atoms with Crippen molar-refractivity contribution in [1.29, 1.82) is 0 Å². The van der Waals surface area contributed by atoms with Gasteiger partial charge in [0, 0.05) is 36.8 Å². The first-order valence-electron chi connectivity index (χ1n) is 13.5. The van der Waals surface area contributed by atoms with Crippen molar-refractivity contribution >= 4 is 11.1 Å². The van der Waals surface area contributed by atoms with Crippen LogP contribution < -0.4 is 5.32 Å². The minimum atomic E-state index is -0.333. The van der Waals surface area contributed by atoms with E-state index in [1.54, 1.807) is 17.0 Å². The second-order valence-corrected chi connectivity index (χ2v) is 10.7. The first-order valence-corrected chi connectivity index (χ1v) is 13.5. The van der Waals surface area contributed by atoms with Crippen LogP contribution in [0.15, 0.2) is 59.3 Å². The molecule has 0 aliphatic heterocycles. The number of oxazole rings is 1. The lowest BCUT2D eigenvalue weighted by Crippen LogP contribution is -2.34. The van der Waals surface area contributed by atoms with E-state index in [4.69, 9.17) is 14.4 Å². The second-order valence-electron chi connectivity index (χ2n) is 10.7. The summed E-state index contributed by atoms with van der Waals surface area (Å²) in [6.45, 7) is 0.662. The molecule has 2 atom stereocenters. The predicted molar refractivity (Wildman–Crippen MR) is 145 cm³/mol. The van der Waals surface area contributed by atoms with E-state index in [0.29, 0.717) is 41.0 Å². The van der Waals surface area contributed by atoms with Gasteiger partial charge in [0.15, 0.2) is 11.4 Å². The zero-order chi connectivity index (χ0) is 26.5. The SMILES string of the molecule is Cn1cnnc1-c1cc(F)ccc1-c1cc(-c2nc3cc(CN[C@@H]4CCC[C@@H]4O)ccc3o2)nc(C2CC2)c1. The van der Waals surface area contributed by atoms with Gasteiger partial charge < -0.3 is 19.4 Å². The van der Waals surface area contributed by atoms with Gasteiger partial charge in [-0.2, -0.15) is 0 Å². The lowest BCUT2D eigenvalue weighted by atomic mass is 9.97. The van der Waals surface area contributed by atoms with Crippen LogP contribution in [0.25, 0.3) is 45.2 Å². The first-order chi connectivity index (χ1) is 19.0. The second kappa shape index (κ2) is 9.66. The third-order valence-electron chi connectivity index (χ3n) is 7.80. The van der Waals surface area contributed by atoms with Crippen LogP contribution in [-0.4, -0.2) is 42.0 Å². The normalized spacial score (nSPS) is 19.3. The quantitative estimate of drug-likeness (QED) is 0.295. The van der Waals surface area contributed by atoms with Crippen LogP contribution in [0.2, 0.25) is 0 Å². The Hall–Kier alpha value is -3.95. The van der Waals surface area contributed by atoms with Crippen LogP contribution in [0, 0.1) is 5.82 Å². The molecule has 2 aliphatic carbocycles. The smallest absolute Gasteiger partial charge is 0.246 e. The number of halogens is 1. The highest BCUT2D eigenvalue weighted by Gasteiger charge is 2.28. The maximum Gasteiger partial charge on any atom is 0.246 e. The van der Waals surface area contributed by atoms with E-state index in [1.807, 2.05) is 31.3 Å². The summed E-state index contributed by atoms with van der Waals surface area (Å²) in [7, 11) is 1.84. The number of hydrogen-bond acceptors (Lipinski definition) is 7. The lowest BCUT2D eigenvalue weighted by molar-refractivity contribution is 0.148. The van der Waals surface area contributed by atoms with Crippen molar-refractivity contribution in [1.82, 2.24) is 30.0 Å². The van der Waals surface area contributed by atoms with Crippen molar-refractivity contribution in [3.8, 4) is 34.1 Å². The largest absolute Gasteiger partial charge is 0.435 e. The number of aromatic nitrogens is 5. The van der Waals surface area contributed by atoms with Crippen LogP contribution in [0.3, 0.4) is 0 Å². The number of rotatable bonds is 7. The molecule has 2 aliphatic rings. The molecule has 2 aromatic carbocycles. The molecule has 7 rings (SSSR count). The van der Waals surface area contributed by atoms with Gasteiger partial charge in [0.1, 0.15) is 23.4 Å². The predicted octanol–water partition coefficient (Wildman–Crippen LogP) is 5.37. The van der Waals surface area contributed by atoms with Crippen molar-refractivity contribution in [2.45, 2.75) is 56.7 Å². The topological polar surface area (TPSA) is 102 Å². The van der Waals surface area contributed by atoms with Crippen molar-refractivity contribution < 1.29 is 13.9 Å². The first kappa shape index (κ1) is 24.1. The monoisotopic (exact) mass is 524 g/mol. The van der Waals surface area contributed by atoms with Crippen LogP contribution in [0.1, 0.15) is 49.3 Å². The molecule has 39 heavy (non-hydrogen) atoms. The number of pyridine rings is 1. The molecule has 2 fully saturated rings. The Balaban J connectivity index is 1.26. The van der Waals surface area contributed by atoms with Crippen LogP contribution in [-0.2, 0) is 13.6 Å². The fraction of sp³-hybridized carbons (Fsp3) is 0.333. The number of nitrogens with one attached hydrogen (secondary N) is 1. The van der Waals surface area contributed by atoms with Crippen molar-refractivity contribution in [3.63, 3.8) is 0 Å². The molecule has 0 amide bonds. The minimum absolute atomic E-state index is 0.138. The van der Waals surface area contributed by atoms with Crippen LogP contribution in [0.4, 0.5) is 4.39 Å². The van der Waals surface area contributed by atoms with E-state index < -0.39 is 0 Å². The van der Waals surface area contributed by atoms with E-state index in [9.17, 15) is 9.50 Å². The Labute approximate surface area is 224 Å². The Kier molecular flexibility index (Phi) is 5.97. The summed E-state index contributed by atoms with van der Waals surface area (Å²) in [5.74, 6) is 1.10. The summed E-state index contributed by atoms with van der Waals surface area (Å²) >= 11 is 0. The number of benzene rings is 2. The molecule has 8 nitrogen and oxygen atoms in total. The molecule has 0 spiro atoms. The summed E-state index contributed by atoms with van der Waals surface area (Å²) in [5.41, 5.74) is 6.58. The molecule has 3 aromatic heterocycles. The summed E-state index contributed by atoms with van der Waals surface area (Å²) in [6.07, 6.45) is 6.42. The van der Waals surface area contributed by atoms with Gasteiger partial charge in [0.05, 0.1) is 6.10 Å². The van der Waals surface area contributed by atoms with Crippen LogP contribution >= 0.6 is 0 Å². The number of aliphatic hydroxyl groups is 1. The van der Waals surface area contributed by atoms with E-state index in [0.717, 1.165) is 60.0 Å². The molecule has 2 N–H and O–H groups in total. The lowest BCUT2D eigenvalue weighted by Gasteiger charge is -2.16. The van der Waals surface area contributed by atoms with Gasteiger partial charge in [-0.3, -0.25) is 0 Å². The summed E-state index contributed by atoms with van der Waals surface area (Å²) < 4.78 is 22.3. The van der Waals surface area contributed by atoms with Crippen molar-refractivity contribution in [3.05, 3.63) is 71.9 Å². The standard InChI is InChI=1S/C30H29FN6O2/c1-37-16-33-36-29(37)22-14-20(31)8-9-21(22)19-12-24(18-6-7-18)34-26(13-19)30-35-25-11-17(5-10-28(25)39-30)15-32-23-3-2-4-27(23)38/h5,8-14,16,18,23,27,32,38H,2-4,6-7,15H2,1H3/t23-,27+/m1/s1. The molecule has 2 saturated carbocycles. The summed E-state index contributed by atoms with van der Waals surface area (Å²) in [4.78, 5) is 9.73. The van der Waals surface area contributed by atoms with Gasteiger partial charge in [-0.05, 0) is 85.2 Å². The molecule has 0 unspecified atom stereocenters. The van der Waals surface area contributed by atoms with Crippen molar-refractivity contribution in [2.75, 3.05) is 0 Å². The van der Waals surface area contributed by atoms with Gasteiger partial charge in [-0.1, -0.05) is 12.1 Å². The number of aliphatic hydroxyl groups excluding tert-OH is 1.